The molecule has 2 rings (SSSR count). The number of carbonyl (C=O) groups is 1. The molecule has 1 amide bonds. The molecule has 2 N–H and O–H groups in total. The van der Waals surface area contributed by atoms with E-state index in [1.807, 2.05) is 19.1 Å². The van der Waals surface area contributed by atoms with E-state index in [2.05, 4.69) is 5.32 Å². The van der Waals surface area contributed by atoms with Crippen LogP contribution in [0.25, 0.3) is 0 Å². The zero-order chi connectivity index (χ0) is 17.0. The first-order valence-electron chi connectivity index (χ1n) is 6.86. The fourth-order valence-corrected chi connectivity index (χ4v) is 2.49. The van der Waals surface area contributed by atoms with Crippen molar-refractivity contribution in [3.8, 4) is 0 Å². The maximum Gasteiger partial charge on any atom is 0.283 e. The smallest absolute Gasteiger partial charge is 0.283 e. The third kappa shape index (κ3) is 3.85. The molecule has 0 spiro atoms. The fraction of sp³-hybridized carbons (Fsp3) is 0.188. The molecule has 0 saturated carbocycles. The van der Waals surface area contributed by atoms with Gasteiger partial charge in [0.25, 0.3) is 11.6 Å². The van der Waals surface area contributed by atoms with Crippen molar-refractivity contribution >= 4 is 23.2 Å². The average Bonchev–Trinajstić information content (AvgIpc) is 2.52. The van der Waals surface area contributed by atoms with Crippen LogP contribution in [0.5, 0.6) is 0 Å². The second-order valence-electron chi connectivity index (χ2n) is 4.97. The van der Waals surface area contributed by atoms with E-state index in [-0.39, 0.29) is 22.8 Å². The summed E-state index contributed by atoms with van der Waals surface area (Å²) in [5, 5.41) is 23.6. The van der Waals surface area contributed by atoms with Crippen LogP contribution in [0.2, 0.25) is 5.02 Å². The van der Waals surface area contributed by atoms with Crippen molar-refractivity contribution in [1.82, 2.24) is 5.32 Å². The number of nitro groups is 1. The molecule has 0 aromatic heterocycles. The summed E-state index contributed by atoms with van der Waals surface area (Å²) in [6, 6.07) is 11.2. The Kier molecular flexibility index (Phi) is 5.31. The molecule has 0 heterocycles. The van der Waals surface area contributed by atoms with E-state index in [4.69, 9.17) is 11.6 Å². The number of nitrogens with zero attached hydrogens (tertiary/aromatic N) is 1. The summed E-state index contributed by atoms with van der Waals surface area (Å²) in [4.78, 5) is 22.5. The molecule has 1 unspecified atom stereocenters. The first-order chi connectivity index (χ1) is 10.9. The molecular weight excluding hydrogens is 320 g/mol. The van der Waals surface area contributed by atoms with E-state index in [1.54, 1.807) is 12.1 Å². The Morgan fingerprint density at radius 1 is 1.30 bits per heavy atom. The molecule has 1 atom stereocenters. The predicted molar refractivity (Wildman–Crippen MR) is 86.6 cm³/mol. The second kappa shape index (κ2) is 7.21. The van der Waals surface area contributed by atoms with Gasteiger partial charge in [0.1, 0.15) is 5.56 Å². The van der Waals surface area contributed by atoms with Crippen molar-refractivity contribution < 1.29 is 14.8 Å². The lowest BCUT2D eigenvalue weighted by atomic mass is 10.0. The standard InChI is InChI=1S/C16H15ClN2O4/c1-10-5-2-3-6-11(10)14(20)9-18-16(21)15-12(17)7-4-8-13(15)19(22)23/h2-8,14,20H,9H2,1H3,(H,18,21). The fourth-order valence-electron chi connectivity index (χ4n) is 2.24. The van der Waals surface area contributed by atoms with E-state index < -0.39 is 16.9 Å². The van der Waals surface area contributed by atoms with E-state index in [9.17, 15) is 20.0 Å². The minimum Gasteiger partial charge on any atom is -0.387 e. The van der Waals surface area contributed by atoms with Crippen molar-refractivity contribution in [3.05, 3.63) is 74.3 Å². The highest BCUT2D eigenvalue weighted by molar-refractivity contribution is 6.34. The highest BCUT2D eigenvalue weighted by Crippen LogP contribution is 2.26. The number of aryl methyl sites for hydroxylation is 1. The molecule has 7 heteroatoms. The van der Waals surface area contributed by atoms with E-state index in [0.717, 1.165) is 5.56 Å². The molecular formula is C16H15ClN2O4. The van der Waals surface area contributed by atoms with Crippen molar-refractivity contribution in [3.63, 3.8) is 0 Å². The number of benzene rings is 2. The van der Waals surface area contributed by atoms with Gasteiger partial charge in [-0.2, -0.15) is 0 Å². The van der Waals surface area contributed by atoms with Gasteiger partial charge in [-0.25, -0.2) is 0 Å². The molecule has 0 fully saturated rings. The number of aliphatic hydroxyl groups is 1. The van der Waals surface area contributed by atoms with Crippen LogP contribution in [-0.2, 0) is 0 Å². The van der Waals surface area contributed by atoms with E-state index in [1.165, 1.54) is 18.2 Å². The van der Waals surface area contributed by atoms with Gasteiger partial charge >= 0.3 is 0 Å². The Morgan fingerprint density at radius 2 is 2.00 bits per heavy atom. The van der Waals surface area contributed by atoms with Crippen LogP contribution in [0.3, 0.4) is 0 Å². The number of hydrogen-bond acceptors (Lipinski definition) is 4. The molecule has 2 aromatic rings. The number of nitrogens with one attached hydrogen (secondary N) is 1. The summed E-state index contributed by atoms with van der Waals surface area (Å²) in [7, 11) is 0. The monoisotopic (exact) mass is 334 g/mol. The first-order valence-corrected chi connectivity index (χ1v) is 7.24. The molecule has 0 aliphatic carbocycles. The van der Waals surface area contributed by atoms with Crippen molar-refractivity contribution in [2.75, 3.05) is 6.54 Å². The van der Waals surface area contributed by atoms with E-state index in [0.29, 0.717) is 5.56 Å². The molecule has 120 valence electrons. The Labute approximate surface area is 137 Å². The normalized spacial score (nSPS) is 11.8. The highest BCUT2D eigenvalue weighted by Gasteiger charge is 2.23. The number of hydrogen-bond donors (Lipinski definition) is 2. The number of nitro benzene ring substituents is 1. The largest absolute Gasteiger partial charge is 0.387 e. The predicted octanol–water partition coefficient (Wildman–Crippen LogP) is 3.02. The summed E-state index contributed by atoms with van der Waals surface area (Å²) in [6.45, 7) is 1.77. The number of aliphatic hydroxyl groups excluding tert-OH is 1. The molecule has 0 aliphatic rings. The summed E-state index contributed by atoms with van der Waals surface area (Å²) in [5.74, 6) is -0.699. The summed E-state index contributed by atoms with van der Waals surface area (Å²) in [5.41, 5.74) is 0.982. The third-order valence-corrected chi connectivity index (χ3v) is 3.73. The van der Waals surface area contributed by atoms with Crippen LogP contribution in [0.4, 0.5) is 5.69 Å². The minimum absolute atomic E-state index is 0.0120. The van der Waals surface area contributed by atoms with Crippen molar-refractivity contribution in [1.29, 1.82) is 0 Å². The minimum atomic E-state index is -0.915. The Hall–Kier alpha value is -2.44. The van der Waals surface area contributed by atoms with Gasteiger partial charge in [-0.1, -0.05) is 41.9 Å². The van der Waals surface area contributed by atoms with Gasteiger partial charge in [-0.05, 0) is 24.1 Å². The summed E-state index contributed by atoms with van der Waals surface area (Å²) in [6.07, 6.45) is -0.915. The quantitative estimate of drug-likeness (QED) is 0.649. The lowest BCUT2D eigenvalue weighted by molar-refractivity contribution is -0.385. The summed E-state index contributed by atoms with van der Waals surface area (Å²) < 4.78 is 0. The van der Waals surface area contributed by atoms with Gasteiger partial charge < -0.3 is 10.4 Å². The maximum absolute atomic E-state index is 12.2. The number of rotatable bonds is 5. The van der Waals surface area contributed by atoms with Gasteiger partial charge in [0, 0.05) is 12.6 Å². The first kappa shape index (κ1) is 16.9. The molecule has 2 aromatic carbocycles. The molecule has 6 nitrogen and oxygen atoms in total. The second-order valence-corrected chi connectivity index (χ2v) is 5.38. The van der Waals surface area contributed by atoms with Crippen LogP contribution in [0, 0.1) is 17.0 Å². The lowest BCUT2D eigenvalue weighted by Crippen LogP contribution is -2.29. The van der Waals surface area contributed by atoms with Gasteiger partial charge in [-0.15, -0.1) is 0 Å². The van der Waals surface area contributed by atoms with Crippen LogP contribution in [-0.4, -0.2) is 22.5 Å². The maximum atomic E-state index is 12.2. The number of halogens is 1. The van der Waals surface area contributed by atoms with Gasteiger partial charge in [0.05, 0.1) is 16.0 Å². The average molecular weight is 335 g/mol. The van der Waals surface area contributed by atoms with E-state index >= 15 is 0 Å². The number of amides is 1. The SMILES string of the molecule is Cc1ccccc1C(O)CNC(=O)c1c(Cl)cccc1[N+](=O)[O-]. The Balaban J connectivity index is 2.15. The van der Waals surface area contributed by atoms with Crippen LogP contribution < -0.4 is 5.32 Å². The zero-order valence-corrected chi connectivity index (χ0v) is 13.1. The zero-order valence-electron chi connectivity index (χ0n) is 12.3. The molecule has 0 radical (unpaired) electrons. The molecule has 0 aliphatic heterocycles. The van der Waals surface area contributed by atoms with Crippen molar-refractivity contribution in [2.45, 2.75) is 13.0 Å². The van der Waals surface area contributed by atoms with Crippen LogP contribution in [0.1, 0.15) is 27.6 Å². The highest BCUT2D eigenvalue weighted by atomic mass is 35.5. The van der Waals surface area contributed by atoms with Crippen molar-refractivity contribution in [2.24, 2.45) is 0 Å². The Morgan fingerprint density at radius 3 is 2.65 bits per heavy atom. The van der Waals surface area contributed by atoms with Crippen LogP contribution in [0.15, 0.2) is 42.5 Å². The topological polar surface area (TPSA) is 92.5 Å². The number of carbonyl (C=O) groups excluding carboxylic acids is 1. The van der Waals surface area contributed by atoms with Crippen LogP contribution >= 0.6 is 11.6 Å². The Bertz CT molecular complexity index is 749. The van der Waals surface area contributed by atoms with Gasteiger partial charge in [0.15, 0.2) is 0 Å². The van der Waals surface area contributed by atoms with Gasteiger partial charge in [0.2, 0.25) is 0 Å². The summed E-state index contributed by atoms with van der Waals surface area (Å²) >= 11 is 5.90. The lowest BCUT2D eigenvalue weighted by Gasteiger charge is -2.15. The molecule has 0 bridgehead atoms. The van der Waals surface area contributed by atoms with Gasteiger partial charge in [-0.3, -0.25) is 14.9 Å². The molecule has 23 heavy (non-hydrogen) atoms. The molecule has 0 saturated heterocycles. The third-order valence-electron chi connectivity index (χ3n) is 3.42.